The topological polar surface area (TPSA) is 60.2 Å². The molecule has 0 amide bonds. The molecule has 4 heteroatoms. The van der Waals surface area contributed by atoms with Crippen LogP contribution in [0.4, 0.5) is 0 Å². The van der Waals surface area contributed by atoms with E-state index in [1.807, 2.05) is 30.3 Å². The lowest BCUT2D eigenvalue weighted by molar-refractivity contribution is -0.524. The fraction of sp³-hybridized carbons (Fsp3) is 0.500. The van der Waals surface area contributed by atoms with Gasteiger partial charge < -0.3 is 0 Å². The Hall–Kier alpha value is -1.71. The highest BCUT2D eigenvalue weighted by Gasteiger charge is 2.73. The van der Waals surface area contributed by atoms with Crippen LogP contribution >= 0.6 is 0 Å². The third-order valence-electron chi connectivity index (χ3n) is 3.53. The first-order valence-electron chi connectivity index (χ1n) is 6.04. The molecule has 96 valence electrons. The minimum Gasteiger partial charge on any atom is -0.291 e. The van der Waals surface area contributed by atoms with E-state index >= 15 is 0 Å². The van der Waals surface area contributed by atoms with E-state index < -0.39 is 15.9 Å². The molecule has 4 nitrogen and oxygen atoms in total. The van der Waals surface area contributed by atoms with Crippen LogP contribution in [-0.2, 0) is 4.79 Å². The average Bonchev–Trinajstić information content (AvgIpc) is 3.04. The number of rotatable bonds is 3. The first-order chi connectivity index (χ1) is 8.30. The zero-order valence-electron chi connectivity index (χ0n) is 10.8. The minimum atomic E-state index is -1.40. The van der Waals surface area contributed by atoms with Crippen molar-refractivity contribution in [1.29, 1.82) is 0 Å². The Bertz CT molecular complexity index is 490. The number of carbonyl (C=O) groups is 1. The monoisotopic (exact) mass is 247 g/mol. The number of hydrogen-bond acceptors (Lipinski definition) is 3. The predicted molar refractivity (Wildman–Crippen MR) is 68.0 cm³/mol. The van der Waals surface area contributed by atoms with Crippen molar-refractivity contribution in [1.82, 2.24) is 0 Å². The van der Waals surface area contributed by atoms with Crippen molar-refractivity contribution in [2.24, 2.45) is 5.41 Å². The molecule has 1 saturated carbocycles. The Kier molecular flexibility index (Phi) is 2.76. The zero-order valence-corrected chi connectivity index (χ0v) is 10.8. The van der Waals surface area contributed by atoms with Crippen LogP contribution in [0.15, 0.2) is 30.3 Å². The van der Waals surface area contributed by atoms with Crippen LogP contribution in [0.5, 0.6) is 0 Å². The predicted octanol–water partition coefficient (Wildman–Crippen LogP) is 2.80. The van der Waals surface area contributed by atoms with E-state index in [2.05, 4.69) is 0 Å². The van der Waals surface area contributed by atoms with Gasteiger partial charge in [-0.3, -0.25) is 14.9 Å². The largest absolute Gasteiger partial charge is 0.291 e. The molecule has 1 aliphatic rings. The summed E-state index contributed by atoms with van der Waals surface area (Å²) in [7, 11) is 0. The van der Waals surface area contributed by atoms with Gasteiger partial charge in [-0.25, -0.2) is 0 Å². The van der Waals surface area contributed by atoms with Gasteiger partial charge in [-0.2, -0.15) is 0 Å². The zero-order chi connectivity index (χ0) is 13.6. The van der Waals surface area contributed by atoms with Crippen molar-refractivity contribution >= 4 is 5.78 Å². The molecule has 2 atom stereocenters. The van der Waals surface area contributed by atoms with E-state index in [1.165, 1.54) is 0 Å². The first kappa shape index (κ1) is 12.7. The van der Waals surface area contributed by atoms with Gasteiger partial charge in [0.05, 0.1) is 5.92 Å². The molecule has 1 fully saturated rings. The van der Waals surface area contributed by atoms with Gasteiger partial charge in [0.1, 0.15) is 0 Å². The standard InChI is InChI=1S/C14H17NO3/c1-13(2,3)12(16)14(15(17)18)9-11(14)10-7-5-4-6-8-10/h4-8,11H,9H2,1-3H3/t11-,14+/m0/s1. The molecular formula is C14H17NO3. The van der Waals surface area contributed by atoms with Crippen molar-refractivity contribution in [3.05, 3.63) is 46.0 Å². The van der Waals surface area contributed by atoms with E-state index in [0.717, 1.165) is 5.56 Å². The second-order valence-corrected chi connectivity index (χ2v) is 5.93. The molecule has 1 aliphatic carbocycles. The summed E-state index contributed by atoms with van der Waals surface area (Å²) in [6.07, 6.45) is 0.320. The third-order valence-corrected chi connectivity index (χ3v) is 3.53. The molecule has 0 N–H and O–H groups in total. The Morgan fingerprint density at radius 1 is 1.33 bits per heavy atom. The number of nitro groups is 1. The first-order valence-corrected chi connectivity index (χ1v) is 6.04. The van der Waals surface area contributed by atoms with Gasteiger partial charge >= 0.3 is 0 Å². The molecule has 0 spiro atoms. The molecule has 18 heavy (non-hydrogen) atoms. The lowest BCUT2D eigenvalue weighted by atomic mass is 9.83. The molecule has 0 unspecified atom stereocenters. The van der Waals surface area contributed by atoms with Gasteiger partial charge in [-0.05, 0) is 5.56 Å². The number of ketones is 1. The van der Waals surface area contributed by atoms with Crippen molar-refractivity contribution in [3.8, 4) is 0 Å². The number of carbonyl (C=O) groups excluding carboxylic acids is 1. The Morgan fingerprint density at radius 2 is 1.89 bits per heavy atom. The van der Waals surface area contributed by atoms with E-state index in [1.54, 1.807) is 20.8 Å². The van der Waals surface area contributed by atoms with Gasteiger partial charge in [-0.15, -0.1) is 0 Å². The SMILES string of the molecule is CC(C)(C)C(=O)[C@@]1([N+](=O)[O-])C[C@H]1c1ccccc1. The van der Waals surface area contributed by atoms with Crippen LogP contribution < -0.4 is 0 Å². The van der Waals surface area contributed by atoms with Crippen LogP contribution in [0.3, 0.4) is 0 Å². The van der Waals surface area contributed by atoms with Crippen LogP contribution in [0.1, 0.15) is 38.7 Å². The molecule has 0 aliphatic heterocycles. The summed E-state index contributed by atoms with van der Waals surface area (Å²) in [5.41, 5.74) is -1.21. The highest BCUT2D eigenvalue weighted by molar-refractivity contribution is 5.95. The van der Waals surface area contributed by atoms with Crippen molar-refractivity contribution in [3.63, 3.8) is 0 Å². The van der Waals surface area contributed by atoms with Crippen molar-refractivity contribution < 1.29 is 9.72 Å². The molecule has 0 heterocycles. The van der Waals surface area contributed by atoms with Gasteiger partial charge in [0, 0.05) is 16.8 Å². The highest BCUT2D eigenvalue weighted by atomic mass is 16.6. The van der Waals surface area contributed by atoms with E-state index in [0.29, 0.717) is 6.42 Å². The summed E-state index contributed by atoms with van der Waals surface area (Å²) in [5.74, 6) is -0.547. The molecule has 0 bridgehead atoms. The van der Waals surface area contributed by atoms with Crippen molar-refractivity contribution in [2.75, 3.05) is 0 Å². The van der Waals surface area contributed by atoms with Gasteiger partial charge in [0.2, 0.25) is 5.78 Å². The maximum atomic E-state index is 12.3. The highest BCUT2D eigenvalue weighted by Crippen LogP contribution is 2.56. The number of Topliss-reactive ketones (excluding diaryl/α,β-unsaturated/α-hetero) is 1. The normalized spacial score (nSPS) is 26.7. The summed E-state index contributed by atoms with van der Waals surface area (Å²) in [4.78, 5) is 23.3. The molecular weight excluding hydrogens is 230 g/mol. The fourth-order valence-electron chi connectivity index (χ4n) is 2.52. The quantitative estimate of drug-likeness (QED) is 0.609. The second-order valence-electron chi connectivity index (χ2n) is 5.93. The fourth-order valence-corrected chi connectivity index (χ4v) is 2.52. The summed E-state index contributed by atoms with van der Waals surface area (Å²) in [5, 5.41) is 11.3. The van der Waals surface area contributed by atoms with Gasteiger partial charge in [0.15, 0.2) is 0 Å². The number of hydrogen-bond donors (Lipinski definition) is 0. The van der Waals surface area contributed by atoms with Crippen LogP contribution in [0, 0.1) is 15.5 Å². The average molecular weight is 247 g/mol. The lowest BCUT2D eigenvalue weighted by Gasteiger charge is -2.19. The van der Waals surface area contributed by atoms with E-state index in [9.17, 15) is 14.9 Å². The van der Waals surface area contributed by atoms with Crippen LogP contribution in [-0.4, -0.2) is 16.2 Å². The van der Waals surface area contributed by atoms with Crippen LogP contribution in [0.25, 0.3) is 0 Å². The van der Waals surface area contributed by atoms with Gasteiger partial charge in [0.25, 0.3) is 5.54 Å². The maximum absolute atomic E-state index is 12.3. The van der Waals surface area contributed by atoms with E-state index in [-0.39, 0.29) is 11.7 Å². The number of nitrogens with zero attached hydrogens (tertiary/aromatic N) is 1. The van der Waals surface area contributed by atoms with Crippen molar-refractivity contribution in [2.45, 2.75) is 38.6 Å². The minimum absolute atomic E-state index is 0.270. The summed E-state index contributed by atoms with van der Waals surface area (Å²) >= 11 is 0. The van der Waals surface area contributed by atoms with E-state index in [4.69, 9.17) is 0 Å². The van der Waals surface area contributed by atoms with Gasteiger partial charge in [-0.1, -0.05) is 51.1 Å². The molecule has 1 aromatic rings. The summed E-state index contributed by atoms with van der Waals surface area (Å²) in [6, 6.07) is 9.27. The Balaban J connectivity index is 2.35. The third kappa shape index (κ3) is 1.82. The molecule has 0 radical (unpaired) electrons. The smallest absolute Gasteiger partial charge is 0.287 e. The molecule has 1 aromatic carbocycles. The Labute approximate surface area is 106 Å². The molecule has 0 aromatic heterocycles. The molecule has 2 rings (SSSR count). The Morgan fingerprint density at radius 3 is 2.33 bits per heavy atom. The summed E-state index contributed by atoms with van der Waals surface area (Å²) < 4.78 is 0. The van der Waals surface area contributed by atoms with Crippen LogP contribution in [0.2, 0.25) is 0 Å². The summed E-state index contributed by atoms with van der Waals surface area (Å²) in [6.45, 7) is 5.21. The maximum Gasteiger partial charge on any atom is 0.287 e. The lowest BCUT2D eigenvalue weighted by Crippen LogP contribution is -2.41. The number of benzene rings is 1. The molecule has 0 saturated heterocycles. The second kappa shape index (κ2) is 3.90.